The van der Waals surface area contributed by atoms with Crippen LogP contribution in [0, 0.1) is 5.82 Å². The minimum absolute atomic E-state index is 0.0756. The third kappa shape index (κ3) is 4.15. The Hall–Kier alpha value is -2.76. The first-order valence-electron chi connectivity index (χ1n) is 9.04. The van der Waals surface area contributed by atoms with Gasteiger partial charge in [0.15, 0.2) is 0 Å². The van der Waals surface area contributed by atoms with E-state index in [-0.39, 0.29) is 11.9 Å². The molecular weight excluding hydrogens is 343 g/mol. The van der Waals surface area contributed by atoms with Gasteiger partial charge in [-0.15, -0.1) is 0 Å². The van der Waals surface area contributed by atoms with E-state index in [0.29, 0.717) is 19.5 Å². The molecule has 0 radical (unpaired) electrons. The second-order valence-electron chi connectivity index (χ2n) is 6.71. The predicted molar refractivity (Wildman–Crippen MR) is 102 cm³/mol. The molecule has 0 saturated carbocycles. The molecule has 2 aromatic carbocycles. The summed E-state index contributed by atoms with van der Waals surface area (Å²) in [7, 11) is 0. The molecule has 1 aliphatic rings. The SMILES string of the molecule is OC1CC(CNCc2ccc(-c3ccc(F)cc3)cn2)Oc2ccccc21. The fourth-order valence-electron chi connectivity index (χ4n) is 3.30. The van der Waals surface area contributed by atoms with Crippen LogP contribution in [0.2, 0.25) is 0 Å². The molecule has 2 atom stereocenters. The topological polar surface area (TPSA) is 54.4 Å². The Kier molecular flexibility index (Phi) is 5.14. The molecule has 0 spiro atoms. The minimum atomic E-state index is -0.491. The highest BCUT2D eigenvalue weighted by atomic mass is 19.1. The molecule has 2 heterocycles. The maximum Gasteiger partial charge on any atom is 0.125 e. The van der Waals surface area contributed by atoms with Crippen LogP contribution in [0.4, 0.5) is 4.39 Å². The van der Waals surface area contributed by atoms with Crippen LogP contribution in [0.1, 0.15) is 23.8 Å². The van der Waals surface area contributed by atoms with Gasteiger partial charge < -0.3 is 15.2 Å². The van der Waals surface area contributed by atoms with E-state index in [1.54, 1.807) is 18.3 Å². The number of ether oxygens (including phenoxy) is 1. The quantitative estimate of drug-likeness (QED) is 0.722. The molecule has 27 heavy (non-hydrogen) atoms. The second kappa shape index (κ2) is 7.86. The van der Waals surface area contributed by atoms with E-state index < -0.39 is 6.10 Å². The van der Waals surface area contributed by atoms with Crippen LogP contribution in [-0.4, -0.2) is 22.7 Å². The van der Waals surface area contributed by atoms with Gasteiger partial charge in [0.2, 0.25) is 0 Å². The molecule has 1 aliphatic heterocycles. The first-order valence-corrected chi connectivity index (χ1v) is 9.04. The molecule has 0 saturated heterocycles. The molecule has 0 aliphatic carbocycles. The van der Waals surface area contributed by atoms with E-state index in [2.05, 4.69) is 10.3 Å². The monoisotopic (exact) mass is 364 g/mol. The van der Waals surface area contributed by atoms with Gasteiger partial charge in [-0.25, -0.2) is 4.39 Å². The third-order valence-corrected chi connectivity index (χ3v) is 4.74. The van der Waals surface area contributed by atoms with Crippen molar-refractivity contribution in [2.24, 2.45) is 0 Å². The van der Waals surface area contributed by atoms with E-state index in [9.17, 15) is 9.50 Å². The number of pyridine rings is 1. The molecule has 2 unspecified atom stereocenters. The Balaban J connectivity index is 1.31. The van der Waals surface area contributed by atoms with E-state index >= 15 is 0 Å². The van der Waals surface area contributed by atoms with Gasteiger partial charge in [-0.3, -0.25) is 4.98 Å². The molecular formula is C22H21FN2O2. The van der Waals surface area contributed by atoms with Crippen molar-refractivity contribution in [2.75, 3.05) is 6.54 Å². The van der Waals surface area contributed by atoms with Crippen molar-refractivity contribution in [1.29, 1.82) is 0 Å². The van der Waals surface area contributed by atoms with Gasteiger partial charge in [-0.2, -0.15) is 0 Å². The van der Waals surface area contributed by atoms with Gasteiger partial charge in [0.1, 0.15) is 17.7 Å². The Morgan fingerprint density at radius 2 is 1.81 bits per heavy atom. The van der Waals surface area contributed by atoms with Gasteiger partial charge in [0, 0.05) is 36.8 Å². The lowest BCUT2D eigenvalue weighted by molar-refractivity contribution is 0.0657. The predicted octanol–water partition coefficient (Wildman–Crippen LogP) is 3.86. The number of halogens is 1. The maximum absolute atomic E-state index is 13.0. The Bertz CT molecular complexity index is 897. The molecule has 4 nitrogen and oxygen atoms in total. The number of benzene rings is 2. The third-order valence-electron chi connectivity index (χ3n) is 4.74. The van der Waals surface area contributed by atoms with Gasteiger partial charge >= 0.3 is 0 Å². The number of nitrogens with one attached hydrogen (secondary N) is 1. The minimum Gasteiger partial charge on any atom is -0.489 e. The summed E-state index contributed by atoms with van der Waals surface area (Å²) in [5.41, 5.74) is 3.66. The molecule has 4 rings (SSSR count). The van der Waals surface area contributed by atoms with Crippen LogP contribution in [-0.2, 0) is 6.54 Å². The Morgan fingerprint density at radius 1 is 1.04 bits per heavy atom. The number of aliphatic hydroxyl groups is 1. The molecule has 0 bridgehead atoms. The van der Waals surface area contributed by atoms with Crippen LogP contribution in [0.15, 0.2) is 66.9 Å². The number of nitrogens with zero attached hydrogens (tertiary/aromatic N) is 1. The summed E-state index contributed by atoms with van der Waals surface area (Å²) in [6.07, 6.45) is 1.80. The van der Waals surface area contributed by atoms with Gasteiger partial charge in [-0.1, -0.05) is 36.4 Å². The summed E-state index contributed by atoms with van der Waals surface area (Å²) >= 11 is 0. The second-order valence-corrected chi connectivity index (χ2v) is 6.71. The van der Waals surface area contributed by atoms with E-state index in [0.717, 1.165) is 28.1 Å². The van der Waals surface area contributed by atoms with E-state index in [4.69, 9.17) is 4.74 Å². The lowest BCUT2D eigenvalue weighted by atomic mass is 9.99. The first-order chi connectivity index (χ1) is 13.2. The highest BCUT2D eigenvalue weighted by molar-refractivity contribution is 5.62. The van der Waals surface area contributed by atoms with Crippen LogP contribution in [0.25, 0.3) is 11.1 Å². The summed E-state index contributed by atoms with van der Waals surface area (Å²) in [5.74, 6) is 0.509. The molecule has 0 fully saturated rings. The Labute approximate surface area is 157 Å². The molecule has 1 aromatic heterocycles. The summed E-state index contributed by atoms with van der Waals surface area (Å²) in [6.45, 7) is 1.24. The van der Waals surface area contributed by atoms with Crippen LogP contribution >= 0.6 is 0 Å². The molecule has 138 valence electrons. The standard InChI is InChI=1S/C22H21FN2O2/c23-17-8-5-15(6-9-17)16-7-10-18(25-12-16)13-24-14-19-11-21(26)20-3-1-2-4-22(20)27-19/h1-10,12,19,21,24,26H,11,13-14H2. The average Bonchev–Trinajstić information content (AvgIpc) is 2.69. The van der Waals surface area contributed by atoms with Gasteiger partial charge in [0.05, 0.1) is 11.8 Å². The van der Waals surface area contributed by atoms with Crippen molar-refractivity contribution in [3.63, 3.8) is 0 Å². The number of rotatable bonds is 5. The van der Waals surface area contributed by atoms with Crippen molar-refractivity contribution >= 4 is 0 Å². The summed E-state index contributed by atoms with van der Waals surface area (Å²) < 4.78 is 19.0. The maximum atomic E-state index is 13.0. The lowest BCUT2D eigenvalue weighted by Crippen LogP contribution is -2.35. The highest BCUT2D eigenvalue weighted by Gasteiger charge is 2.26. The van der Waals surface area contributed by atoms with Crippen molar-refractivity contribution in [3.8, 4) is 16.9 Å². The molecule has 3 aromatic rings. The zero-order valence-corrected chi connectivity index (χ0v) is 14.8. The van der Waals surface area contributed by atoms with Crippen LogP contribution in [0.5, 0.6) is 5.75 Å². The number of aromatic nitrogens is 1. The normalized spacial score (nSPS) is 18.6. The number of hydrogen-bond donors (Lipinski definition) is 2. The van der Waals surface area contributed by atoms with Gasteiger partial charge in [0.25, 0.3) is 0 Å². The highest BCUT2D eigenvalue weighted by Crippen LogP contribution is 2.34. The van der Waals surface area contributed by atoms with Crippen LogP contribution in [0.3, 0.4) is 0 Å². The summed E-state index contributed by atoms with van der Waals surface area (Å²) in [6, 6.07) is 17.9. The molecule has 0 amide bonds. The van der Waals surface area contributed by atoms with Crippen molar-refractivity contribution in [3.05, 3.63) is 83.9 Å². The fourth-order valence-corrected chi connectivity index (χ4v) is 3.30. The lowest BCUT2D eigenvalue weighted by Gasteiger charge is -2.29. The van der Waals surface area contributed by atoms with Crippen LogP contribution < -0.4 is 10.1 Å². The van der Waals surface area contributed by atoms with Crippen molar-refractivity contribution in [2.45, 2.75) is 25.2 Å². The zero-order chi connectivity index (χ0) is 18.6. The van der Waals surface area contributed by atoms with E-state index in [1.165, 1.54) is 12.1 Å². The van der Waals surface area contributed by atoms with Crippen molar-refractivity contribution in [1.82, 2.24) is 10.3 Å². The van der Waals surface area contributed by atoms with E-state index in [1.807, 2.05) is 36.4 Å². The molecule has 2 N–H and O–H groups in total. The first kappa shape index (κ1) is 17.6. The van der Waals surface area contributed by atoms with Crippen molar-refractivity contribution < 1.29 is 14.2 Å². The number of fused-ring (bicyclic) bond motifs is 1. The number of aliphatic hydroxyl groups excluding tert-OH is 1. The number of para-hydroxylation sites is 1. The summed E-state index contributed by atoms with van der Waals surface area (Å²) in [5, 5.41) is 13.6. The zero-order valence-electron chi connectivity index (χ0n) is 14.8. The smallest absolute Gasteiger partial charge is 0.125 e. The average molecular weight is 364 g/mol. The fraction of sp³-hybridized carbons (Fsp3) is 0.227. The Morgan fingerprint density at radius 3 is 2.59 bits per heavy atom. The van der Waals surface area contributed by atoms with Gasteiger partial charge in [-0.05, 0) is 29.8 Å². The number of hydrogen-bond acceptors (Lipinski definition) is 4. The largest absolute Gasteiger partial charge is 0.489 e. The molecule has 5 heteroatoms. The summed E-state index contributed by atoms with van der Waals surface area (Å²) in [4.78, 5) is 4.46.